The highest BCUT2D eigenvalue weighted by molar-refractivity contribution is 8.01. The minimum atomic E-state index is -0.293. The van der Waals surface area contributed by atoms with Crippen LogP contribution in [-0.4, -0.2) is 20.9 Å². The molecule has 0 aliphatic heterocycles. The Morgan fingerprint density at radius 3 is 2.92 bits per heavy atom. The van der Waals surface area contributed by atoms with Crippen molar-refractivity contribution in [2.45, 2.75) is 9.24 Å². The van der Waals surface area contributed by atoms with Crippen LogP contribution in [0.25, 0.3) is 10.3 Å². The second-order valence-corrected chi connectivity index (χ2v) is 8.14. The smallest absolute Gasteiger partial charge is 0.259 e. The SMILES string of the molecule is Nc1ccc(Sc2nccs2)cc1C(=O)Nc1nc2cccnc2s1. The molecule has 3 N–H and O–H groups in total. The van der Waals surface area contributed by atoms with Crippen molar-refractivity contribution in [1.29, 1.82) is 0 Å². The first-order valence-corrected chi connectivity index (χ1v) is 9.70. The second kappa shape index (κ2) is 6.79. The summed E-state index contributed by atoms with van der Waals surface area (Å²) in [7, 11) is 0. The van der Waals surface area contributed by atoms with E-state index in [4.69, 9.17) is 5.73 Å². The fourth-order valence-corrected chi connectivity index (χ4v) is 4.58. The molecule has 0 atom stereocenters. The average Bonchev–Trinajstić information content (AvgIpc) is 3.25. The normalized spacial score (nSPS) is 10.9. The van der Waals surface area contributed by atoms with Crippen LogP contribution in [0.2, 0.25) is 0 Å². The number of rotatable bonds is 4. The highest BCUT2D eigenvalue weighted by Crippen LogP contribution is 2.31. The summed E-state index contributed by atoms with van der Waals surface area (Å²) in [6.45, 7) is 0. The lowest BCUT2D eigenvalue weighted by Crippen LogP contribution is -2.14. The van der Waals surface area contributed by atoms with Gasteiger partial charge in [0.15, 0.2) is 9.47 Å². The molecule has 1 aromatic carbocycles. The van der Waals surface area contributed by atoms with E-state index in [1.165, 1.54) is 23.1 Å². The predicted molar refractivity (Wildman–Crippen MR) is 102 cm³/mol. The molecule has 9 heteroatoms. The zero-order valence-corrected chi connectivity index (χ0v) is 15.1. The second-order valence-electron chi connectivity index (χ2n) is 4.95. The molecular formula is C16H11N5OS3. The van der Waals surface area contributed by atoms with E-state index in [2.05, 4.69) is 20.3 Å². The summed E-state index contributed by atoms with van der Waals surface area (Å²) in [6, 6.07) is 9.03. The fraction of sp³-hybridized carbons (Fsp3) is 0. The zero-order chi connectivity index (χ0) is 17.2. The Kier molecular flexibility index (Phi) is 4.35. The lowest BCUT2D eigenvalue weighted by atomic mass is 10.1. The molecule has 25 heavy (non-hydrogen) atoms. The minimum Gasteiger partial charge on any atom is -0.398 e. The van der Waals surface area contributed by atoms with Crippen molar-refractivity contribution in [2.75, 3.05) is 11.1 Å². The predicted octanol–water partition coefficient (Wildman–Crippen LogP) is 4.13. The maximum absolute atomic E-state index is 12.6. The monoisotopic (exact) mass is 385 g/mol. The molecular weight excluding hydrogens is 374 g/mol. The van der Waals surface area contributed by atoms with Crippen LogP contribution < -0.4 is 11.1 Å². The largest absolute Gasteiger partial charge is 0.398 e. The number of nitrogens with one attached hydrogen (secondary N) is 1. The Morgan fingerprint density at radius 2 is 2.12 bits per heavy atom. The van der Waals surface area contributed by atoms with Crippen LogP contribution in [0.3, 0.4) is 0 Å². The van der Waals surface area contributed by atoms with Crippen molar-refractivity contribution in [3.8, 4) is 0 Å². The van der Waals surface area contributed by atoms with E-state index in [0.29, 0.717) is 16.4 Å². The van der Waals surface area contributed by atoms with E-state index in [0.717, 1.165) is 19.6 Å². The standard InChI is InChI=1S/C16H11N5OS3/c17-11-4-3-9(24-16-19-6-7-23-16)8-10(11)13(22)21-15-20-12-2-1-5-18-14(12)25-15/h1-8H,17H2,(H,20,21,22). The summed E-state index contributed by atoms with van der Waals surface area (Å²) in [6.07, 6.45) is 3.45. The molecule has 3 heterocycles. The number of nitrogen functional groups attached to an aromatic ring is 1. The van der Waals surface area contributed by atoms with Gasteiger partial charge in [0.05, 0.1) is 5.56 Å². The van der Waals surface area contributed by atoms with Gasteiger partial charge < -0.3 is 5.73 Å². The number of pyridine rings is 1. The van der Waals surface area contributed by atoms with Gasteiger partial charge in [0.1, 0.15) is 10.3 Å². The van der Waals surface area contributed by atoms with Gasteiger partial charge in [-0.05, 0) is 30.3 Å². The molecule has 3 aromatic heterocycles. The molecule has 0 fully saturated rings. The first-order chi connectivity index (χ1) is 12.2. The number of hydrogen-bond acceptors (Lipinski definition) is 8. The number of anilines is 2. The van der Waals surface area contributed by atoms with Gasteiger partial charge in [-0.15, -0.1) is 11.3 Å². The third kappa shape index (κ3) is 3.48. The summed E-state index contributed by atoms with van der Waals surface area (Å²) >= 11 is 4.37. The van der Waals surface area contributed by atoms with Crippen LogP contribution in [0, 0.1) is 0 Å². The third-order valence-electron chi connectivity index (χ3n) is 3.27. The Labute approximate surface area is 155 Å². The van der Waals surface area contributed by atoms with Crippen LogP contribution in [0.15, 0.2) is 57.3 Å². The average molecular weight is 385 g/mol. The van der Waals surface area contributed by atoms with Gasteiger partial charge in [-0.3, -0.25) is 10.1 Å². The number of thiazole rings is 2. The van der Waals surface area contributed by atoms with Crippen LogP contribution in [0.5, 0.6) is 0 Å². The number of amides is 1. The van der Waals surface area contributed by atoms with E-state index in [1.54, 1.807) is 35.9 Å². The molecule has 0 spiro atoms. The van der Waals surface area contributed by atoms with Crippen molar-refractivity contribution in [3.63, 3.8) is 0 Å². The fourth-order valence-electron chi connectivity index (χ4n) is 2.14. The highest BCUT2D eigenvalue weighted by Gasteiger charge is 2.14. The van der Waals surface area contributed by atoms with Crippen molar-refractivity contribution in [3.05, 3.63) is 53.7 Å². The molecule has 0 saturated heterocycles. The lowest BCUT2D eigenvalue weighted by Gasteiger charge is -2.07. The summed E-state index contributed by atoms with van der Waals surface area (Å²) < 4.78 is 0.911. The molecule has 0 radical (unpaired) electrons. The molecule has 0 bridgehead atoms. The van der Waals surface area contributed by atoms with E-state index in [1.807, 2.05) is 23.6 Å². The van der Waals surface area contributed by atoms with Gasteiger partial charge in [-0.2, -0.15) is 0 Å². The third-order valence-corrected chi connectivity index (χ3v) is 6.04. The van der Waals surface area contributed by atoms with Crippen molar-refractivity contribution < 1.29 is 4.79 Å². The lowest BCUT2D eigenvalue weighted by molar-refractivity contribution is 0.102. The Bertz CT molecular complexity index is 1010. The number of nitrogens with zero attached hydrogens (tertiary/aromatic N) is 3. The first-order valence-electron chi connectivity index (χ1n) is 7.19. The Morgan fingerprint density at radius 1 is 1.20 bits per heavy atom. The Hall–Kier alpha value is -2.49. The van der Waals surface area contributed by atoms with Crippen LogP contribution in [0.4, 0.5) is 10.8 Å². The summed E-state index contributed by atoms with van der Waals surface area (Å²) in [5, 5.41) is 5.21. The summed E-state index contributed by atoms with van der Waals surface area (Å²) in [5.74, 6) is -0.293. The minimum absolute atomic E-state index is 0.293. The van der Waals surface area contributed by atoms with Gasteiger partial charge in [0.2, 0.25) is 0 Å². The van der Waals surface area contributed by atoms with E-state index in [9.17, 15) is 4.79 Å². The number of fused-ring (bicyclic) bond motifs is 1. The van der Waals surface area contributed by atoms with Crippen LogP contribution in [0.1, 0.15) is 10.4 Å². The molecule has 0 aliphatic carbocycles. The first kappa shape index (κ1) is 16.0. The zero-order valence-electron chi connectivity index (χ0n) is 12.7. The van der Waals surface area contributed by atoms with Crippen LogP contribution >= 0.6 is 34.4 Å². The number of benzene rings is 1. The Balaban J connectivity index is 1.58. The summed E-state index contributed by atoms with van der Waals surface area (Å²) in [4.78, 5) is 27.1. The highest BCUT2D eigenvalue weighted by atomic mass is 32.2. The maximum Gasteiger partial charge on any atom is 0.259 e. The molecule has 6 nitrogen and oxygen atoms in total. The van der Waals surface area contributed by atoms with Gasteiger partial charge in [0.25, 0.3) is 5.91 Å². The van der Waals surface area contributed by atoms with Crippen molar-refractivity contribution >= 4 is 61.5 Å². The molecule has 1 amide bonds. The maximum atomic E-state index is 12.6. The number of carbonyl (C=O) groups is 1. The number of hydrogen-bond donors (Lipinski definition) is 2. The molecule has 4 aromatic rings. The molecule has 4 rings (SSSR count). The van der Waals surface area contributed by atoms with E-state index >= 15 is 0 Å². The quantitative estimate of drug-likeness (QED) is 0.513. The molecule has 0 aliphatic rings. The summed E-state index contributed by atoms with van der Waals surface area (Å²) in [5.41, 5.74) is 7.56. The van der Waals surface area contributed by atoms with Crippen LogP contribution in [-0.2, 0) is 0 Å². The van der Waals surface area contributed by atoms with Gasteiger partial charge in [0, 0.05) is 28.4 Å². The van der Waals surface area contributed by atoms with Crippen molar-refractivity contribution in [1.82, 2.24) is 15.0 Å². The van der Waals surface area contributed by atoms with Gasteiger partial charge in [-0.1, -0.05) is 23.1 Å². The number of nitrogens with two attached hydrogens (primary N) is 1. The van der Waals surface area contributed by atoms with Gasteiger partial charge in [-0.25, -0.2) is 15.0 Å². The molecule has 0 saturated carbocycles. The number of aromatic nitrogens is 3. The van der Waals surface area contributed by atoms with Gasteiger partial charge >= 0.3 is 0 Å². The van der Waals surface area contributed by atoms with E-state index < -0.39 is 0 Å². The number of carbonyl (C=O) groups excluding carboxylic acids is 1. The molecule has 124 valence electrons. The molecule has 0 unspecified atom stereocenters. The van der Waals surface area contributed by atoms with E-state index in [-0.39, 0.29) is 5.91 Å². The topological polar surface area (TPSA) is 93.8 Å². The van der Waals surface area contributed by atoms with Crippen molar-refractivity contribution in [2.24, 2.45) is 0 Å².